The van der Waals surface area contributed by atoms with Crippen LogP contribution in [0.5, 0.6) is 0 Å². The normalized spacial score (nSPS) is 7.53. The largest absolute Gasteiger partial charge is 0.394 e. The van der Waals surface area contributed by atoms with E-state index in [4.69, 9.17) is 9.84 Å². The zero-order valence-electron chi connectivity index (χ0n) is 10.9. The molecule has 0 bridgehead atoms. The van der Waals surface area contributed by atoms with Gasteiger partial charge in [-0.1, -0.05) is 35.5 Å². The van der Waals surface area contributed by atoms with E-state index in [9.17, 15) is 0 Å². The zero-order valence-corrected chi connectivity index (χ0v) is 16.6. The Kier molecular flexibility index (Phi) is 54.6. The summed E-state index contributed by atoms with van der Waals surface area (Å²) in [6.45, 7) is 15.1. The first-order chi connectivity index (χ1) is 6.92. The van der Waals surface area contributed by atoms with Crippen molar-refractivity contribution in [1.29, 1.82) is 0 Å². The van der Waals surface area contributed by atoms with Gasteiger partial charge >= 0.3 is 0 Å². The van der Waals surface area contributed by atoms with Crippen molar-refractivity contribution in [3.63, 3.8) is 0 Å². The third-order valence-corrected chi connectivity index (χ3v) is 1.11. The van der Waals surface area contributed by atoms with Crippen molar-refractivity contribution in [1.82, 2.24) is 0 Å². The predicted octanol–water partition coefficient (Wildman–Crippen LogP) is 4.19. The van der Waals surface area contributed by atoms with E-state index in [1.807, 2.05) is 13.8 Å². The number of allylic oxidation sites excluding steroid dienone is 1. The first-order valence-corrected chi connectivity index (χ1v) is 6.11. The Morgan fingerprint density at radius 1 is 1.18 bits per heavy atom. The van der Waals surface area contributed by atoms with Gasteiger partial charge in [0.05, 0.1) is 12.7 Å². The molecule has 0 aliphatic heterocycles. The molecule has 1 N–H and O–H groups in total. The minimum atomic E-state index is -0.167. The summed E-state index contributed by atoms with van der Waals surface area (Å²) in [6, 6.07) is 0. The van der Waals surface area contributed by atoms with Crippen molar-refractivity contribution in [2.24, 2.45) is 0 Å². The molecular weight excluding hydrogens is 506 g/mol. The Hall–Kier alpha value is 0.932. The molecule has 0 unspecified atom stereocenters. The first-order valence-electron chi connectivity index (χ1n) is 4.99. The first kappa shape index (κ1) is 30.7. The molecule has 0 atom stereocenters. The fraction of sp³-hybridized carbons (Fsp3) is 0.692. The monoisotopic (exact) mass is 534 g/mol. The molecule has 2 nitrogen and oxygen atoms in total. The summed E-state index contributed by atoms with van der Waals surface area (Å²) in [7, 11) is 0. The number of hydrogen-bond donors (Lipinski definition) is 1. The summed E-state index contributed by atoms with van der Waals surface area (Å²) in [5.74, 6) is 0. The molecule has 0 spiro atoms. The average molecular weight is 535 g/mol. The number of aliphatic hydroxyl groups is 1. The minimum Gasteiger partial charge on any atom is -0.394 e. The maximum atomic E-state index is 8.06. The second-order valence-electron chi connectivity index (χ2n) is 3.21. The molecule has 0 heterocycles. The van der Waals surface area contributed by atoms with Crippen LogP contribution >= 0.6 is 15.9 Å². The van der Waals surface area contributed by atoms with Gasteiger partial charge in [-0.3, -0.25) is 0 Å². The van der Waals surface area contributed by atoms with Crippen molar-refractivity contribution in [2.45, 2.75) is 47.3 Å². The maximum Gasteiger partial charge on any atom is 0.0648 e. The van der Waals surface area contributed by atoms with Crippen molar-refractivity contribution in [3.8, 4) is 0 Å². The smallest absolute Gasteiger partial charge is 0.0648 e. The number of ether oxygens (including phenoxy) is 1. The molecule has 0 saturated heterocycles. The second kappa shape index (κ2) is 30.2. The molecule has 0 saturated carbocycles. The minimum absolute atomic E-state index is 0. The second-order valence-corrected chi connectivity index (χ2v) is 3.85. The standard InChI is InChI=1S/C6H12O.C3H5Br.C3H8O.CH4.U/c1-4-5-7-6(2)3;1-2-3-4;1-3(2)4;;/h4,6H,1,5H2,2-3H3;2H,1,3H2;3-4H,1-2H3;1H4;. The molecule has 17 heavy (non-hydrogen) atoms. The molecule has 0 radical (unpaired) electrons. The third kappa shape index (κ3) is 107. The summed E-state index contributed by atoms with van der Waals surface area (Å²) in [5.41, 5.74) is 0. The third-order valence-electron chi connectivity index (χ3n) is 0.657. The molecule has 0 aromatic rings. The molecule has 0 amide bonds. The number of aliphatic hydroxyl groups excluding tert-OH is 1. The number of alkyl halides is 1. The van der Waals surface area contributed by atoms with Crippen molar-refractivity contribution >= 4 is 15.9 Å². The topological polar surface area (TPSA) is 29.5 Å². The number of hydrogen-bond acceptors (Lipinski definition) is 2. The van der Waals surface area contributed by atoms with E-state index >= 15 is 0 Å². The van der Waals surface area contributed by atoms with Crippen LogP contribution in [0.3, 0.4) is 0 Å². The van der Waals surface area contributed by atoms with Gasteiger partial charge in [-0.05, 0) is 27.7 Å². The van der Waals surface area contributed by atoms with Crippen molar-refractivity contribution < 1.29 is 41.0 Å². The SMILES string of the molecule is C.C=CCBr.C=CCOC(C)C.CC(C)O.[U]. The predicted molar refractivity (Wildman–Crippen MR) is 79.4 cm³/mol. The van der Waals surface area contributed by atoms with Crippen LogP contribution in [-0.2, 0) is 4.74 Å². The fourth-order valence-corrected chi connectivity index (χ4v) is 0.260. The average Bonchev–Trinajstić information content (AvgIpc) is 2.14. The molecule has 0 rings (SSSR count). The zero-order chi connectivity index (χ0) is 12.7. The quantitative estimate of drug-likeness (QED) is 0.433. The summed E-state index contributed by atoms with van der Waals surface area (Å²) in [6.07, 6.45) is 3.71. The maximum absolute atomic E-state index is 8.06. The van der Waals surface area contributed by atoms with Gasteiger partial charge in [0.2, 0.25) is 0 Å². The van der Waals surface area contributed by atoms with E-state index in [1.165, 1.54) is 0 Å². The van der Waals surface area contributed by atoms with Crippen LogP contribution in [0.1, 0.15) is 35.1 Å². The van der Waals surface area contributed by atoms with Crippen LogP contribution in [0.15, 0.2) is 25.3 Å². The molecule has 0 aromatic carbocycles. The summed E-state index contributed by atoms with van der Waals surface area (Å²) >= 11 is 3.13. The van der Waals surface area contributed by atoms with Crippen LogP contribution in [0.4, 0.5) is 0 Å². The Labute approximate surface area is 140 Å². The Morgan fingerprint density at radius 3 is 1.53 bits per heavy atom. The summed E-state index contributed by atoms with van der Waals surface area (Å²) in [4.78, 5) is 0. The van der Waals surface area contributed by atoms with E-state index in [1.54, 1.807) is 26.0 Å². The van der Waals surface area contributed by atoms with E-state index in [2.05, 4.69) is 29.1 Å². The molecule has 4 heteroatoms. The fourth-order valence-electron chi connectivity index (χ4n) is 0.260. The Balaban J connectivity index is -0.0000000425. The van der Waals surface area contributed by atoms with Gasteiger partial charge in [-0.15, -0.1) is 13.2 Å². The molecule has 0 aliphatic rings. The Bertz CT molecular complexity index is 126. The summed E-state index contributed by atoms with van der Waals surface area (Å²) in [5, 5.41) is 8.95. The van der Waals surface area contributed by atoms with E-state index in [-0.39, 0.29) is 44.6 Å². The van der Waals surface area contributed by atoms with Gasteiger partial charge < -0.3 is 9.84 Å². The van der Waals surface area contributed by atoms with Gasteiger partial charge in [0, 0.05) is 42.5 Å². The number of rotatable bonds is 4. The van der Waals surface area contributed by atoms with Gasteiger partial charge in [-0.25, -0.2) is 0 Å². The van der Waals surface area contributed by atoms with Crippen LogP contribution < -0.4 is 0 Å². The van der Waals surface area contributed by atoms with E-state index in [0.717, 1.165) is 5.33 Å². The molecular formula is C13H29BrO2U. The van der Waals surface area contributed by atoms with Crippen LogP contribution in [0.25, 0.3) is 0 Å². The van der Waals surface area contributed by atoms with Crippen LogP contribution in [0, 0.1) is 31.1 Å². The summed E-state index contributed by atoms with van der Waals surface area (Å²) < 4.78 is 5.07. The molecule has 104 valence electrons. The van der Waals surface area contributed by atoms with Crippen LogP contribution in [0.2, 0.25) is 0 Å². The molecule has 0 fully saturated rings. The molecule has 0 aromatic heterocycles. The molecule has 0 aliphatic carbocycles. The van der Waals surface area contributed by atoms with Crippen molar-refractivity contribution in [3.05, 3.63) is 25.3 Å². The van der Waals surface area contributed by atoms with Gasteiger partial charge in [0.15, 0.2) is 0 Å². The van der Waals surface area contributed by atoms with E-state index < -0.39 is 0 Å². The van der Waals surface area contributed by atoms with Gasteiger partial charge in [-0.2, -0.15) is 0 Å². The van der Waals surface area contributed by atoms with Crippen molar-refractivity contribution in [2.75, 3.05) is 11.9 Å². The van der Waals surface area contributed by atoms with Gasteiger partial charge in [0.25, 0.3) is 0 Å². The van der Waals surface area contributed by atoms with Gasteiger partial charge in [0.1, 0.15) is 0 Å². The number of halogens is 1. The Morgan fingerprint density at radius 2 is 1.47 bits per heavy atom. The van der Waals surface area contributed by atoms with E-state index in [0.29, 0.717) is 12.7 Å². The van der Waals surface area contributed by atoms with Crippen LogP contribution in [-0.4, -0.2) is 29.3 Å².